The molecule has 0 radical (unpaired) electrons. The summed E-state index contributed by atoms with van der Waals surface area (Å²) < 4.78 is 28.1. The maximum Gasteiger partial charge on any atom is 0.261 e. The Morgan fingerprint density at radius 1 is 1.03 bits per heavy atom. The highest BCUT2D eigenvalue weighted by Crippen LogP contribution is 2.42. The highest BCUT2D eigenvalue weighted by molar-refractivity contribution is 8.00. The number of benzene rings is 3. The molecule has 0 aromatic heterocycles. The van der Waals surface area contributed by atoms with Crippen molar-refractivity contribution in [3.05, 3.63) is 83.4 Å². The maximum atomic E-state index is 12.7. The molecule has 0 saturated carbocycles. The van der Waals surface area contributed by atoms with Gasteiger partial charge in [-0.1, -0.05) is 23.7 Å². The van der Waals surface area contributed by atoms with Crippen molar-refractivity contribution in [3.63, 3.8) is 0 Å². The SMILES string of the molecule is CN(C)c1ccc(N2C(=O)CSC2c2cccc(NS(=O)(=O)c3ccc(Cl)cc3)c2)cc1. The summed E-state index contributed by atoms with van der Waals surface area (Å²) in [5, 5.41) is 0.222. The molecule has 0 spiro atoms. The Morgan fingerprint density at radius 3 is 2.38 bits per heavy atom. The Morgan fingerprint density at radius 2 is 1.72 bits per heavy atom. The summed E-state index contributed by atoms with van der Waals surface area (Å²) in [4.78, 5) is 16.6. The van der Waals surface area contributed by atoms with E-state index in [0.29, 0.717) is 16.5 Å². The molecule has 9 heteroatoms. The molecule has 1 saturated heterocycles. The number of thioether (sulfide) groups is 1. The van der Waals surface area contributed by atoms with E-state index in [4.69, 9.17) is 11.6 Å². The Bertz CT molecular complexity index is 1230. The van der Waals surface area contributed by atoms with Crippen LogP contribution in [-0.2, 0) is 14.8 Å². The van der Waals surface area contributed by atoms with Crippen molar-refractivity contribution in [3.8, 4) is 0 Å². The minimum Gasteiger partial charge on any atom is -0.378 e. The van der Waals surface area contributed by atoms with Gasteiger partial charge in [-0.2, -0.15) is 0 Å². The molecule has 0 bridgehead atoms. The molecule has 1 atom stereocenters. The lowest BCUT2D eigenvalue weighted by molar-refractivity contribution is -0.115. The number of nitrogens with zero attached hydrogens (tertiary/aromatic N) is 2. The van der Waals surface area contributed by atoms with Crippen LogP contribution in [0.3, 0.4) is 0 Å². The highest BCUT2D eigenvalue weighted by atomic mass is 35.5. The predicted octanol–water partition coefficient (Wildman–Crippen LogP) is 4.99. The van der Waals surface area contributed by atoms with E-state index in [9.17, 15) is 13.2 Å². The van der Waals surface area contributed by atoms with Crippen LogP contribution < -0.4 is 14.5 Å². The van der Waals surface area contributed by atoms with E-state index in [1.807, 2.05) is 49.3 Å². The van der Waals surface area contributed by atoms with Crippen LogP contribution in [0.5, 0.6) is 0 Å². The number of amides is 1. The first-order chi connectivity index (χ1) is 15.2. The van der Waals surface area contributed by atoms with E-state index in [1.165, 1.54) is 36.0 Å². The second-order valence-electron chi connectivity index (χ2n) is 7.52. The van der Waals surface area contributed by atoms with Crippen molar-refractivity contribution in [1.29, 1.82) is 0 Å². The molecule has 1 heterocycles. The Hall–Kier alpha value is -2.68. The van der Waals surface area contributed by atoms with Crippen molar-refractivity contribution >= 4 is 56.4 Å². The molecule has 1 aliphatic heterocycles. The minimum absolute atomic E-state index is 0.0183. The number of hydrogen-bond donors (Lipinski definition) is 1. The van der Waals surface area contributed by atoms with Crippen molar-refractivity contribution in [2.24, 2.45) is 0 Å². The first-order valence-corrected chi connectivity index (χ1v) is 12.7. The first-order valence-electron chi connectivity index (χ1n) is 9.84. The van der Waals surface area contributed by atoms with Gasteiger partial charge in [0.15, 0.2) is 0 Å². The van der Waals surface area contributed by atoms with Crippen molar-refractivity contribution in [1.82, 2.24) is 0 Å². The summed E-state index contributed by atoms with van der Waals surface area (Å²) >= 11 is 7.38. The van der Waals surface area contributed by atoms with Crippen LogP contribution in [0.1, 0.15) is 10.9 Å². The molecule has 6 nitrogen and oxygen atoms in total. The predicted molar refractivity (Wildman–Crippen MR) is 132 cm³/mol. The van der Waals surface area contributed by atoms with Crippen molar-refractivity contribution in [2.45, 2.75) is 10.3 Å². The second-order valence-corrected chi connectivity index (χ2v) is 10.7. The number of rotatable bonds is 6. The fourth-order valence-electron chi connectivity index (χ4n) is 3.44. The van der Waals surface area contributed by atoms with Gasteiger partial charge in [-0.15, -0.1) is 11.8 Å². The molecule has 4 rings (SSSR count). The Kier molecular flexibility index (Phi) is 6.37. The molecule has 1 fully saturated rings. The molecule has 1 amide bonds. The molecule has 166 valence electrons. The van der Waals surface area contributed by atoms with E-state index >= 15 is 0 Å². The number of nitrogens with one attached hydrogen (secondary N) is 1. The monoisotopic (exact) mass is 487 g/mol. The smallest absolute Gasteiger partial charge is 0.261 e. The number of halogens is 1. The van der Waals surface area contributed by atoms with Gasteiger partial charge in [-0.05, 0) is 66.2 Å². The molecule has 1 unspecified atom stereocenters. The quantitative estimate of drug-likeness (QED) is 0.530. The van der Waals surface area contributed by atoms with Gasteiger partial charge in [0, 0.05) is 36.2 Å². The molecule has 32 heavy (non-hydrogen) atoms. The molecule has 3 aromatic carbocycles. The van der Waals surface area contributed by atoms with Crippen LogP contribution in [0.2, 0.25) is 5.02 Å². The zero-order valence-electron chi connectivity index (χ0n) is 17.5. The summed E-state index contributed by atoms with van der Waals surface area (Å²) in [7, 11) is 0.167. The second kappa shape index (κ2) is 9.05. The summed E-state index contributed by atoms with van der Waals surface area (Å²) in [6.07, 6.45) is 0. The standard InChI is InChI=1S/C23H22ClN3O3S2/c1-26(2)19-8-10-20(11-9-19)27-22(28)15-31-23(27)16-4-3-5-18(14-16)25-32(29,30)21-12-6-17(24)7-13-21/h3-14,23,25H,15H2,1-2H3. The van der Waals surface area contributed by atoms with Crippen LogP contribution in [0, 0.1) is 0 Å². The number of sulfonamides is 1. The van der Waals surface area contributed by atoms with Crippen LogP contribution in [0.25, 0.3) is 0 Å². The topological polar surface area (TPSA) is 69.7 Å². The zero-order valence-corrected chi connectivity index (χ0v) is 19.9. The van der Waals surface area contributed by atoms with Gasteiger partial charge >= 0.3 is 0 Å². The van der Waals surface area contributed by atoms with E-state index in [-0.39, 0.29) is 16.2 Å². The number of carbonyl (C=O) groups is 1. The van der Waals surface area contributed by atoms with Gasteiger partial charge in [-0.3, -0.25) is 14.4 Å². The van der Waals surface area contributed by atoms with Gasteiger partial charge < -0.3 is 4.90 Å². The zero-order chi connectivity index (χ0) is 22.9. The molecule has 3 aromatic rings. The maximum absolute atomic E-state index is 12.7. The normalized spacial score (nSPS) is 16.3. The Labute approximate surface area is 197 Å². The highest BCUT2D eigenvalue weighted by Gasteiger charge is 2.34. The summed E-state index contributed by atoms with van der Waals surface area (Å²) in [5.41, 5.74) is 3.13. The number of hydrogen-bond acceptors (Lipinski definition) is 5. The average molecular weight is 488 g/mol. The lowest BCUT2D eigenvalue weighted by atomic mass is 10.1. The van der Waals surface area contributed by atoms with Gasteiger partial charge in [0.1, 0.15) is 5.37 Å². The van der Waals surface area contributed by atoms with Crippen LogP contribution in [0.4, 0.5) is 17.1 Å². The lowest BCUT2D eigenvalue weighted by Crippen LogP contribution is -2.27. The van der Waals surface area contributed by atoms with E-state index in [2.05, 4.69) is 4.72 Å². The summed E-state index contributed by atoms with van der Waals surface area (Å²) in [5.74, 6) is 0.380. The summed E-state index contributed by atoms with van der Waals surface area (Å²) in [6.45, 7) is 0. The molecular formula is C23H22ClN3O3S2. The van der Waals surface area contributed by atoms with Crippen LogP contribution in [-0.4, -0.2) is 34.2 Å². The average Bonchev–Trinajstić information content (AvgIpc) is 3.15. The molecule has 0 aliphatic carbocycles. The van der Waals surface area contributed by atoms with Crippen LogP contribution >= 0.6 is 23.4 Å². The largest absolute Gasteiger partial charge is 0.378 e. The van der Waals surface area contributed by atoms with Crippen molar-refractivity contribution < 1.29 is 13.2 Å². The van der Waals surface area contributed by atoms with Gasteiger partial charge in [0.05, 0.1) is 10.6 Å². The number of anilines is 3. The molecular weight excluding hydrogens is 466 g/mol. The first kappa shape index (κ1) is 22.5. The third-order valence-electron chi connectivity index (χ3n) is 5.06. The van der Waals surface area contributed by atoms with E-state index < -0.39 is 10.0 Å². The third kappa shape index (κ3) is 4.72. The van der Waals surface area contributed by atoms with Gasteiger partial charge in [0.25, 0.3) is 10.0 Å². The van der Waals surface area contributed by atoms with E-state index in [0.717, 1.165) is 16.9 Å². The van der Waals surface area contributed by atoms with Crippen LogP contribution in [0.15, 0.2) is 77.7 Å². The minimum atomic E-state index is -3.76. The van der Waals surface area contributed by atoms with E-state index in [1.54, 1.807) is 23.1 Å². The Balaban J connectivity index is 1.60. The molecule has 1 aliphatic rings. The van der Waals surface area contributed by atoms with Crippen molar-refractivity contribution in [2.75, 3.05) is 34.4 Å². The van der Waals surface area contributed by atoms with Gasteiger partial charge in [-0.25, -0.2) is 8.42 Å². The summed E-state index contributed by atoms with van der Waals surface area (Å²) in [6, 6.07) is 20.9. The lowest BCUT2D eigenvalue weighted by Gasteiger charge is -2.25. The molecule has 1 N–H and O–H groups in total. The fourth-order valence-corrected chi connectivity index (χ4v) is 5.79. The number of carbonyl (C=O) groups excluding carboxylic acids is 1. The fraction of sp³-hybridized carbons (Fsp3) is 0.174. The third-order valence-corrected chi connectivity index (χ3v) is 7.92. The van der Waals surface area contributed by atoms with Gasteiger partial charge in [0.2, 0.25) is 5.91 Å².